The van der Waals surface area contributed by atoms with Crippen molar-refractivity contribution < 1.29 is 13.9 Å². The first-order valence-corrected chi connectivity index (χ1v) is 11.5. The van der Waals surface area contributed by atoms with Crippen LogP contribution in [0.25, 0.3) is 22.0 Å². The van der Waals surface area contributed by atoms with Crippen LogP contribution in [0.5, 0.6) is 5.75 Å². The molecule has 0 fully saturated rings. The Bertz CT molecular complexity index is 1230. The average molecular weight is 471 g/mol. The Morgan fingerprint density at radius 1 is 1.12 bits per heavy atom. The summed E-state index contributed by atoms with van der Waals surface area (Å²) in [6.07, 6.45) is 0. The van der Waals surface area contributed by atoms with Gasteiger partial charge in [0.05, 0.1) is 12.9 Å². The normalized spacial score (nSPS) is 10.8. The van der Waals surface area contributed by atoms with Crippen LogP contribution in [0.2, 0.25) is 0 Å². The van der Waals surface area contributed by atoms with Gasteiger partial charge >= 0.3 is 0 Å². The van der Waals surface area contributed by atoms with E-state index in [1.165, 1.54) is 35.2 Å². The number of halogens is 1. The van der Waals surface area contributed by atoms with E-state index in [0.29, 0.717) is 33.2 Å². The van der Waals surface area contributed by atoms with E-state index in [2.05, 4.69) is 25.7 Å². The van der Waals surface area contributed by atoms with Gasteiger partial charge in [0.15, 0.2) is 11.0 Å². The maximum absolute atomic E-state index is 13.6. The molecule has 0 atom stereocenters. The maximum Gasteiger partial charge on any atom is 0.236 e. The third-order valence-corrected chi connectivity index (χ3v) is 6.31. The molecule has 2 heterocycles. The highest BCUT2D eigenvalue weighted by molar-refractivity contribution is 7.99. The molecule has 164 valence electrons. The van der Waals surface area contributed by atoms with Gasteiger partial charge in [-0.1, -0.05) is 35.2 Å². The summed E-state index contributed by atoms with van der Waals surface area (Å²) < 4.78 is 20.6. The quantitative estimate of drug-likeness (QED) is 0.382. The molecule has 0 aliphatic heterocycles. The summed E-state index contributed by atoms with van der Waals surface area (Å²) in [4.78, 5) is 12.4. The Kier molecular flexibility index (Phi) is 6.76. The molecular weight excluding hydrogens is 451 g/mol. The second-order valence-electron chi connectivity index (χ2n) is 6.54. The fourth-order valence-corrected chi connectivity index (χ4v) is 4.50. The Morgan fingerprint density at radius 2 is 1.94 bits per heavy atom. The van der Waals surface area contributed by atoms with Crippen LogP contribution in [0, 0.1) is 5.82 Å². The van der Waals surface area contributed by atoms with Gasteiger partial charge in [0, 0.05) is 17.7 Å². The Hall–Kier alpha value is -3.31. The predicted octanol–water partition coefficient (Wildman–Crippen LogP) is 4.36. The van der Waals surface area contributed by atoms with Gasteiger partial charge in [0.2, 0.25) is 11.0 Å². The van der Waals surface area contributed by atoms with Crippen LogP contribution in [-0.2, 0) is 11.3 Å². The van der Waals surface area contributed by atoms with E-state index in [-0.39, 0.29) is 17.5 Å². The summed E-state index contributed by atoms with van der Waals surface area (Å²) in [5, 5.41) is 21.0. The number of hydrogen-bond donors (Lipinski definition) is 1. The van der Waals surface area contributed by atoms with E-state index in [1.54, 1.807) is 19.2 Å². The van der Waals surface area contributed by atoms with Crippen LogP contribution in [-0.4, -0.2) is 43.7 Å². The number of carbonyl (C=O) groups excluding carboxylic acids is 1. The van der Waals surface area contributed by atoms with Crippen molar-refractivity contribution in [3.63, 3.8) is 0 Å². The van der Waals surface area contributed by atoms with Gasteiger partial charge in [-0.25, -0.2) is 4.39 Å². The number of benzene rings is 2. The lowest BCUT2D eigenvalue weighted by Crippen LogP contribution is -2.14. The molecule has 4 rings (SSSR count). The van der Waals surface area contributed by atoms with Crippen LogP contribution in [0.15, 0.2) is 53.7 Å². The molecule has 1 amide bonds. The lowest BCUT2D eigenvalue weighted by atomic mass is 10.2. The van der Waals surface area contributed by atoms with Crippen molar-refractivity contribution in [2.75, 3.05) is 18.2 Å². The van der Waals surface area contributed by atoms with E-state index in [9.17, 15) is 9.18 Å². The summed E-state index contributed by atoms with van der Waals surface area (Å²) in [6.45, 7) is 2.53. The maximum atomic E-state index is 13.6. The first-order valence-electron chi connectivity index (χ1n) is 9.67. The first-order chi connectivity index (χ1) is 15.6. The van der Waals surface area contributed by atoms with Crippen LogP contribution in [0.4, 0.5) is 9.52 Å². The van der Waals surface area contributed by atoms with Crippen LogP contribution < -0.4 is 10.1 Å². The van der Waals surface area contributed by atoms with Crippen molar-refractivity contribution in [3.8, 4) is 27.7 Å². The van der Waals surface area contributed by atoms with E-state index >= 15 is 0 Å². The zero-order valence-corrected chi connectivity index (χ0v) is 18.9. The first kappa shape index (κ1) is 21.9. The molecule has 0 saturated heterocycles. The standard InChI is InChI=1S/C21H19FN6O2S2/c1-3-28-18(14-5-4-6-15(22)11-14)24-27-21(28)31-12-17(29)23-20-26-25-19(32-20)13-7-9-16(30-2)10-8-13/h4-11H,3,12H2,1-2H3,(H,23,26,29). The third kappa shape index (κ3) is 4.94. The van der Waals surface area contributed by atoms with Crippen LogP contribution in [0.1, 0.15) is 6.92 Å². The molecule has 2 aromatic heterocycles. The third-order valence-electron chi connectivity index (χ3n) is 4.46. The molecule has 0 unspecified atom stereocenters. The van der Waals surface area contributed by atoms with Gasteiger partial charge in [0.1, 0.15) is 16.6 Å². The van der Waals surface area contributed by atoms with Crippen molar-refractivity contribution in [2.24, 2.45) is 0 Å². The minimum Gasteiger partial charge on any atom is -0.497 e. The van der Waals surface area contributed by atoms with E-state index < -0.39 is 0 Å². The predicted molar refractivity (Wildman–Crippen MR) is 122 cm³/mol. The lowest BCUT2D eigenvalue weighted by molar-refractivity contribution is -0.113. The molecule has 4 aromatic rings. The highest BCUT2D eigenvalue weighted by Gasteiger charge is 2.16. The largest absolute Gasteiger partial charge is 0.497 e. The van der Waals surface area contributed by atoms with Crippen molar-refractivity contribution >= 4 is 34.1 Å². The number of carbonyl (C=O) groups is 1. The number of ether oxygens (including phenoxy) is 1. The highest BCUT2D eigenvalue weighted by atomic mass is 32.2. The SMILES string of the molecule is CCn1c(SCC(=O)Nc2nnc(-c3ccc(OC)cc3)s2)nnc1-c1cccc(F)c1. The lowest BCUT2D eigenvalue weighted by Gasteiger charge is -2.07. The molecule has 0 spiro atoms. The summed E-state index contributed by atoms with van der Waals surface area (Å²) in [5.41, 5.74) is 1.52. The molecule has 1 N–H and O–H groups in total. The smallest absolute Gasteiger partial charge is 0.236 e. The molecule has 32 heavy (non-hydrogen) atoms. The Morgan fingerprint density at radius 3 is 2.66 bits per heavy atom. The van der Waals surface area contributed by atoms with Crippen molar-refractivity contribution in [2.45, 2.75) is 18.6 Å². The van der Waals surface area contributed by atoms with Crippen LogP contribution >= 0.6 is 23.1 Å². The fraction of sp³-hybridized carbons (Fsp3) is 0.190. The number of anilines is 1. The second-order valence-corrected chi connectivity index (χ2v) is 8.46. The number of rotatable bonds is 8. The number of amides is 1. The topological polar surface area (TPSA) is 94.8 Å². The van der Waals surface area contributed by atoms with Gasteiger partial charge in [-0.15, -0.1) is 20.4 Å². The van der Waals surface area contributed by atoms with E-state index in [4.69, 9.17) is 4.74 Å². The Labute approximate surface area is 191 Å². The molecule has 0 radical (unpaired) electrons. The average Bonchev–Trinajstić information content (AvgIpc) is 3.44. The molecule has 0 aliphatic carbocycles. The molecule has 2 aromatic carbocycles. The monoisotopic (exact) mass is 470 g/mol. The zero-order valence-electron chi connectivity index (χ0n) is 17.3. The van der Waals surface area contributed by atoms with Gasteiger partial charge in [0.25, 0.3) is 0 Å². The number of nitrogens with one attached hydrogen (secondary N) is 1. The Balaban J connectivity index is 1.39. The summed E-state index contributed by atoms with van der Waals surface area (Å²) in [7, 11) is 1.61. The molecule has 0 saturated carbocycles. The number of hydrogen-bond acceptors (Lipinski definition) is 8. The minimum atomic E-state index is -0.340. The van der Waals surface area contributed by atoms with Gasteiger partial charge in [-0.05, 0) is 43.3 Å². The zero-order chi connectivity index (χ0) is 22.5. The van der Waals surface area contributed by atoms with Gasteiger partial charge in [-0.2, -0.15) is 0 Å². The molecule has 0 aliphatic rings. The highest BCUT2D eigenvalue weighted by Crippen LogP contribution is 2.28. The number of methoxy groups -OCH3 is 1. The molecular formula is C21H19FN6O2S2. The van der Waals surface area contributed by atoms with Gasteiger partial charge in [-0.3, -0.25) is 10.1 Å². The summed E-state index contributed by atoms with van der Waals surface area (Å²) in [6, 6.07) is 13.6. The molecule has 8 nitrogen and oxygen atoms in total. The van der Waals surface area contributed by atoms with Gasteiger partial charge < -0.3 is 9.30 Å². The van der Waals surface area contributed by atoms with Crippen LogP contribution in [0.3, 0.4) is 0 Å². The summed E-state index contributed by atoms with van der Waals surface area (Å²) in [5.74, 6) is 0.865. The summed E-state index contributed by atoms with van der Waals surface area (Å²) >= 11 is 2.54. The van der Waals surface area contributed by atoms with Crippen molar-refractivity contribution in [1.82, 2.24) is 25.0 Å². The fourth-order valence-electron chi connectivity index (χ4n) is 2.93. The van der Waals surface area contributed by atoms with E-state index in [0.717, 1.165) is 11.3 Å². The van der Waals surface area contributed by atoms with E-state index in [1.807, 2.05) is 35.8 Å². The minimum absolute atomic E-state index is 0.124. The molecule has 11 heteroatoms. The number of nitrogens with zero attached hydrogens (tertiary/aromatic N) is 5. The molecule has 0 bridgehead atoms. The van der Waals surface area contributed by atoms with Crippen molar-refractivity contribution in [3.05, 3.63) is 54.3 Å². The van der Waals surface area contributed by atoms with Crippen molar-refractivity contribution in [1.29, 1.82) is 0 Å². The number of aromatic nitrogens is 5. The number of thioether (sulfide) groups is 1. The second kappa shape index (κ2) is 9.88.